The Morgan fingerprint density at radius 3 is 3.05 bits per heavy atom. The topological polar surface area (TPSA) is 85.6 Å². The standard InChI is InChI=1S/C14H16N6OS/c1-10(20-9-16-18-19-20)14(21)15-8-4-7-13-17-11-5-2-3-6-12(11)22-13/h2-3,5-6,9-10H,4,7-8H2,1H3,(H,15,21)/t10-/m0/s1. The summed E-state index contributed by atoms with van der Waals surface area (Å²) < 4.78 is 2.64. The molecule has 0 unspecified atom stereocenters. The number of hydrogen-bond donors (Lipinski definition) is 1. The largest absolute Gasteiger partial charge is 0.354 e. The Balaban J connectivity index is 1.46. The van der Waals surface area contributed by atoms with E-state index in [9.17, 15) is 4.79 Å². The number of thiazole rings is 1. The fraction of sp³-hybridized carbons (Fsp3) is 0.357. The Hall–Kier alpha value is -2.35. The number of amides is 1. The van der Waals surface area contributed by atoms with Gasteiger partial charge in [0.05, 0.1) is 15.2 Å². The van der Waals surface area contributed by atoms with Crippen molar-refractivity contribution in [1.29, 1.82) is 0 Å². The molecule has 0 aliphatic carbocycles. The molecule has 114 valence electrons. The number of benzene rings is 1. The van der Waals surface area contributed by atoms with E-state index in [-0.39, 0.29) is 5.91 Å². The third-order valence-electron chi connectivity index (χ3n) is 3.35. The number of fused-ring (bicyclic) bond motifs is 1. The molecule has 22 heavy (non-hydrogen) atoms. The van der Waals surface area contributed by atoms with E-state index in [1.54, 1.807) is 18.3 Å². The molecule has 8 heteroatoms. The van der Waals surface area contributed by atoms with E-state index in [1.807, 2.05) is 18.2 Å². The summed E-state index contributed by atoms with van der Waals surface area (Å²) in [5, 5.41) is 14.8. The van der Waals surface area contributed by atoms with Crippen LogP contribution in [-0.4, -0.2) is 37.6 Å². The number of carbonyl (C=O) groups is 1. The maximum absolute atomic E-state index is 12.0. The lowest BCUT2D eigenvalue weighted by atomic mass is 10.3. The normalized spacial score (nSPS) is 12.4. The van der Waals surface area contributed by atoms with Crippen molar-refractivity contribution in [1.82, 2.24) is 30.5 Å². The SMILES string of the molecule is C[C@@H](C(=O)NCCCc1nc2ccccc2s1)n1cnnn1. The first kappa shape index (κ1) is 14.6. The molecule has 0 bridgehead atoms. The van der Waals surface area contributed by atoms with Crippen LogP contribution >= 0.6 is 11.3 Å². The highest BCUT2D eigenvalue weighted by atomic mass is 32.1. The lowest BCUT2D eigenvalue weighted by Crippen LogP contribution is -2.32. The lowest BCUT2D eigenvalue weighted by Gasteiger charge is -2.10. The molecule has 2 heterocycles. The van der Waals surface area contributed by atoms with Gasteiger partial charge in [-0.1, -0.05) is 12.1 Å². The fourth-order valence-corrected chi connectivity index (χ4v) is 3.10. The van der Waals surface area contributed by atoms with E-state index in [1.165, 1.54) is 15.7 Å². The molecule has 7 nitrogen and oxygen atoms in total. The number of aryl methyl sites for hydroxylation is 1. The molecule has 0 aliphatic rings. The zero-order chi connectivity index (χ0) is 15.4. The van der Waals surface area contributed by atoms with Crippen molar-refractivity contribution in [3.63, 3.8) is 0 Å². The second kappa shape index (κ2) is 6.61. The van der Waals surface area contributed by atoms with Crippen LogP contribution in [0.1, 0.15) is 24.4 Å². The first-order valence-electron chi connectivity index (χ1n) is 7.08. The van der Waals surface area contributed by atoms with Crippen molar-refractivity contribution in [3.05, 3.63) is 35.6 Å². The lowest BCUT2D eigenvalue weighted by molar-refractivity contribution is -0.124. The third-order valence-corrected chi connectivity index (χ3v) is 4.44. The van der Waals surface area contributed by atoms with E-state index >= 15 is 0 Å². The molecule has 0 radical (unpaired) electrons. The van der Waals surface area contributed by atoms with Gasteiger partial charge in [-0.15, -0.1) is 16.4 Å². The van der Waals surface area contributed by atoms with E-state index in [0.29, 0.717) is 6.54 Å². The van der Waals surface area contributed by atoms with Gasteiger partial charge in [0.15, 0.2) is 0 Å². The van der Waals surface area contributed by atoms with Crippen LogP contribution in [0.2, 0.25) is 0 Å². The molecule has 0 fully saturated rings. The summed E-state index contributed by atoms with van der Waals surface area (Å²) in [5.41, 5.74) is 1.04. The highest BCUT2D eigenvalue weighted by molar-refractivity contribution is 7.18. The smallest absolute Gasteiger partial charge is 0.244 e. The summed E-state index contributed by atoms with van der Waals surface area (Å²) >= 11 is 1.71. The molecule has 1 atom stereocenters. The number of para-hydroxylation sites is 1. The van der Waals surface area contributed by atoms with Gasteiger partial charge >= 0.3 is 0 Å². The maximum atomic E-state index is 12.0. The van der Waals surface area contributed by atoms with Crippen molar-refractivity contribution in [2.24, 2.45) is 0 Å². The number of hydrogen-bond acceptors (Lipinski definition) is 6. The van der Waals surface area contributed by atoms with Crippen molar-refractivity contribution >= 4 is 27.5 Å². The molecular formula is C14H16N6OS. The molecule has 0 spiro atoms. The summed E-state index contributed by atoms with van der Waals surface area (Å²) in [7, 11) is 0. The van der Waals surface area contributed by atoms with Gasteiger partial charge in [-0.05, 0) is 35.9 Å². The Labute approximate surface area is 131 Å². The van der Waals surface area contributed by atoms with Gasteiger partial charge in [0, 0.05) is 13.0 Å². The van der Waals surface area contributed by atoms with Crippen molar-refractivity contribution in [2.45, 2.75) is 25.8 Å². The number of nitrogens with one attached hydrogen (secondary N) is 1. The van der Waals surface area contributed by atoms with Crippen LogP contribution in [-0.2, 0) is 11.2 Å². The van der Waals surface area contributed by atoms with E-state index in [2.05, 4.69) is 31.9 Å². The second-order valence-electron chi connectivity index (χ2n) is 4.94. The van der Waals surface area contributed by atoms with E-state index < -0.39 is 6.04 Å². The molecular weight excluding hydrogens is 300 g/mol. The maximum Gasteiger partial charge on any atom is 0.244 e. The molecule has 3 aromatic rings. The predicted octanol–water partition coefficient (Wildman–Crippen LogP) is 1.59. The monoisotopic (exact) mass is 316 g/mol. The van der Waals surface area contributed by atoms with Gasteiger partial charge in [-0.3, -0.25) is 4.79 Å². The molecule has 0 saturated carbocycles. The first-order valence-corrected chi connectivity index (χ1v) is 7.90. The van der Waals surface area contributed by atoms with Gasteiger partial charge in [-0.25, -0.2) is 9.67 Å². The summed E-state index contributed by atoms with van der Waals surface area (Å²) in [5.74, 6) is -0.0865. The minimum Gasteiger partial charge on any atom is -0.354 e. The third kappa shape index (κ3) is 3.28. The molecule has 3 rings (SSSR count). The summed E-state index contributed by atoms with van der Waals surface area (Å²) in [6.45, 7) is 2.38. The van der Waals surface area contributed by atoms with Crippen LogP contribution in [0.5, 0.6) is 0 Å². The minimum absolute atomic E-state index is 0.0865. The minimum atomic E-state index is -0.405. The van der Waals surface area contributed by atoms with Gasteiger partial charge in [-0.2, -0.15) is 0 Å². The Bertz CT molecular complexity index is 721. The number of rotatable bonds is 6. The Kier molecular flexibility index (Phi) is 4.38. The molecule has 1 aromatic carbocycles. The number of carbonyl (C=O) groups excluding carboxylic acids is 1. The molecule has 1 N–H and O–H groups in total. The quantitative estimate of drug-likeness (QED) is 0.698. The average molecular weight is 316 g/mol. The van der Waals surface area contributed by atoms with Crippen LogP contribution in [0, 0.1) is 0 Å². The average Bonchev–Trinajstić information content (AvgIpc) is 3.19. The summed E-state index contributed by atoms with van der Waals surface area (Å²) in [6.07, 6.45) is 3.15. The van der Waals surface area contributed by atoms with Crippen molar-refractivity contribution in [2.75, 3.05) is 6.54 Å². The number of tetrazole rings is 1. The molecule has 2 aromatic heterocycles. The second-order valence-corrected chi connectivity index (χ2v) is 6.05. The van der Waals surface area contributed by atoms with Gasteiger partial charge in [0.2, 0.25) is 5.91 Å². The molecule has 0 aliphatic heterocycles. The Morgan fingerprint density at radius 2 is 2.27 bits per heavy atom. The van der Waals surface area contributed by atoms with Crippen molar-refractivity contribution in [3.8, 4) is 0 Å². The van der Waals surface area contributed by atoms with Gasteiger partial charge < -0.3 is 5.32 Å². The van der Waals surface area contributed by atoms with Gasteiger partial charge in [0.1, 0.15) is 12.4 Å². The summed E-state index contributed by atoms with van der Waals surface area (Å²) in [4.78, 5) is 16.5. The van der Waals surface area contributed by atoms with Crippen LogP contribution in [0.4, 0.5) is 0 Å². The van der Waals surface area contributed by atoms with E-state index in [4.69, 9.17) is 0 Å². The molecule has 0 saturated heterocycles. The highest BCUT2D eigenvalue weighted by Crippen LogP contribution is 2.22. The number of nitrogens with zero attached hydrogens (tertiary/aromatic N) is 5. The zero-order valence-corrected chi connectivity index (χ0v) is 13.0. The highest BCUT2D eigenvalue weighted by Gasteiger charge is 2.15. The summed E-state index contributed by atoms with van der Waals surface area (Å²) in [6, 6.07) is 7.70. The van der Waals surface area contributed by atoms with Gasteiger partial charge in [0.25, 0.3) is 0 Å². The van der Waals surface area contributed by atoms with Crippen molar-refractivity contribution < 1.29 is 4.79 Å². The molecule has 1 amide bonds. The van der Waals surface area contributed by atoms with Crippen LogP contribution in [0.3, 0.4) is 0 Å². The van der Waals surface area contributed by atoms with Crippen LogP contribution in [0.25, 0.3) is 10.2 Å². The van der Waals surface area contributed by atoms with E-state index in [0.717, 1.165) is 23.4 Å². The predicted molar refractivity (Wildman–Crippen MR) is 83.5 cm³/mol. The number of aromatic nitrogens is 5. The van der Waals surface area contributed by atoms with Crippen LogP contribution in [0.15, 0.2) is 30.6 Å². The zero-order valence-electron chi connectivity index (χ0n) is 12.1. The fourth-order valence-electron chi connectivity index (χ4n) is 2.09. The first-order chi connectivity index (χ1) is 10.7. The Morgan fingerprint density at radius 1 is 1.41 bits per heavy atom. The van der Waals surface area contributed by atoms with Crippen LogP contribution < -0.4 is 5.32 Å².